The summed E-state index contributed by atoms with van der Waals surface area (Å²) in [4.78, 5) is 4.34. The number of nitrogens with zero attached hydrogens (tertiary/aromatic N) is 1. The summed E-state index contributed by atoms with van der Waals surface area (Å²) in [6.45, 7) is 0. The van der Waals surface area contributed by atoms with Crippen molar-refractivity contribution in [1.82, 2.24) is 4.98 Å². The number of aromatic nitrogens is 1. The van der Waals surface area contributed by atoms with E-state index in [-0.39, 0.29) is 0 Å². The van der Waals surface area contributed by atoms with Crippen LogP contribution in [0.1, 0.15) is 43.9 Å². The van der Waals surface area contributed by atoms with E-state index in [1.807, 2.05) is 6.07 Å². The Kier molecular flexibility index (Phi) is 3.79. The van der Waals surface area contributed by atoms with Crippen LogP contribution in [0.2, 0.25) is 0 Å². The molecule has 0 amide bonds. The van der Waals surface area contributed by atoms with E-state index in [1.54, 1.807) is 6.20 Å². The second kappa shape index (κ2) is 5.22. The molecule has 4 heteroatoms. The van der Waals surface area contributed by atoms with E-state index in [4.69, 9.17) is 0 Å². The van der Waals surface area contributed by atoms with Gasteiger partial charge in [-0.15, -0.1) is 0 Å². The predicted octanol–water partition coefficient (Wildman–Crippen LogP) is 4.47. The Morgan fingerprint density at radius 2 is 2.17 bits per heavy atom. The molecule has 1 heterocycles. The lowest BCUT2D eigenvalue weighted by Crippen LogP contribution is -2.15. The SMILES string of the molecule is OC(CC1CC2CCC1C2)c1ncc(Br)cc1Br. The minimum atomic E-state index is -0.433. The Hall–Kier alpha value is 0.0700. The molecule has 0 aromatic carbocycles. The van der Waals surface area contributed by atoms with Gasteiger partial charge in [-0.25, -0.2) is 0 Å². The van der Waals surface area contributed by atoms with Crippen molar-refractivity contribution in [3.63, 3.8) is 0 Å². The number of aliphatic hydroxyl groups is 1. The number of pyridine rings is 1. The van der Waals surface area contributed by atoms with Gasteiger partial charge in [0.25, 0.3) is 0 Å². The average Bonchev–Trinajstić information content (AvgIpc) is 2.90. The molecule has 4 unspecified atom stereocenters. The topological polar surface area (TPSA) is 33.1 Å². The zero-order valence-electron chi connectivity index (χ0n) is 10.1. The predicted molar refractivity (Wildman–Crippen MR) is 78.2 cm³/mol. The quantitative estimate of drug-likeness (QED) is 0.846. The fraction of sp³-hybridized carbons (Fsp3) is 0.643. The molecular formula is C14H17Br2NO. The van der Waals surface area contributed by atoms with Gasteiger partial charge in [0.2, 0.25) is 0 Å². The van der Waals surface area contributed by atoms with Gasteiger partial charge in [-0.2, -0.15) is 0 Å². The molecule has 3 rings (SSSR count). The molecule has 2 bridgehead atoms. The summed E-state index contributed by atoms with van der Waals surface area (Å²) in [5.74, 6) is 2.50. The summed E-state index contributed by atoms with van der Waals surface area (Å²) in [6.07, 6.45) is 7.69. The molecule has 0 saturated heterocycles. The number of fused-ring (bicyclic) bond motifs is 2. The van der Waals surface area contributed by atoms with Crippen molar-refractivity contribution < 1.29 is 5.11 Å². The molecule has 0 spiro atoms. The summed E-state index contributed by atoms with van der Waals surface area (Å²) in [5, 5.41) is 10.4. The van der Waals surface area contributed by atoms with E-state index >= 15 is 0 Å². The van der Waals surface area contributed by atoms with Crippen molar-refractivity contribution in [2.24, 2.45) is 17.8 Å². The number of hydrogen-bond donors (Lipinski definition) is 1. The van der Waals surface area contributed by atoms with Crippen LogP contribution in [0.4, 0.5) is 0 Å². The second-order valence-electron chi connectivity index (χ2n) is 5.71. The lowest BCUT2D eigenvalue weighted by atomic mass is 9.84. The zero-order valence-corrected chi connectivity index (χ0v) is 13.3. The Bertz CT molecular complexity index is 451. The molecule has 0 aliphatic heterocycles. The van der Waals surface area contributed by atoms with Gasteiger partial charge < -0.3 is 5.11 Å². The summed E-state index contributed by atoms with van der Waals surface area (Å²) < 4.78 is 1.83. The average molecular weight is 375 g/mol. The summed E-state index contributed by atoms with van der Waals surface area (Å²) in [6, 6.07) is 1.95. The van der Waals surface area contributed by atoms with E-state index in [9.17, 15) is 5.11 Å². The van der Waals surface area contributed by atoms with E-state index in [1.165, 1.54) is 25.7 Å². The van der Waals surface area contributed by atoms with Gasteiger partial charge in [0, 0.05) is 15.1 Å². The Balaban J connectivity index is 1.69. The third-order valence-electron chi connectivity index (χ3n) is 4.56. The molecule has 2 saturated carbocycles. The van der Waals surface area contributed by atoms with Gasteiger partial charge in [0.05, 0.1) is 11.8 Å². The van der Waals surface area contributed by atoms with Gasteiger partial charge in [-0.1, -0.05) is 6.42 Å². The Morgan fingerprint density at radius 1 is 1.33 bits per heavy atom. The molecule has 2 nitrogen and oxygen atoms in total. The molecule has 1 aromatic heterocycles. The van der Waals surface area contributed by atoms with Gasteiger partial charge in [-0.3, -0.25) is 4.98 Å². The highest BCUT2D eigenvalue weighted by atomic mass is 79.9. The van der Waals surface area contributed by atoms with Crippen molar-refractivity contribution in [3.05, 3.63) is 26.9 Å². The van der Waals surface area contributed by atoms with Crippen LogP contribution >= 0.6 is 31.9 Å². The standard InChI is InChI=1S/C14H17Br2NO/c15-11-6-12(16)14(17-7-11)13(18)5-10-4-8-1-2-9(10)3-8/h6-10,13,18H,1-5H2. The van der Waals surface area contributed by atoms with E-state index < -0.39 is 6.10 Å². The fourth-order valence-corrected chi connectivity index (χ4v) is 4.99. The molecule has 2 aliphatic rings. The molecule has 2 aliphatic carbocycles. The summed E-state index contributed by atoms with van der Waals surface area (Å²) in [5.41, 5.74) is 0.779. The number of hydrogen-bond acceptors (Lipinski definition) is 2. The summed E-state index contributed by atoms with van der Waals surface area (Å²) in [7, 11) is 0. The number of rotatable bonds is 3. The van der Waals surface area contributed by atoms with E-state index in [0.717, 1.165) is 32.9 Å². The van der Waals surface area contributed by atoms with Gasteiger partial charge in [0.15, 0.2) is 0 Å². The van der Waals surface area contributed by atoms with Crippen molar-refractivity contribution in [1.29, 1.82) is 0 Å². The maximum atomic E-state index is 10.4. The van der Waals surface area contributed by atoms with Crippen LogP contribution in [0.5, 0.6) is 0 Å². The van der Waals surface area contributed by atoms with Crippen molar-refractivity contribution >= 4 is 31.9 Å². The first kappa shape index (κ1) is 13.1. The molecule has 1 aromatic rings. The monoisotopic (exact) mass is 373 g/mol. The van der Waals surface area contributed by atoms with Crippen LogP contribution in [0, 0.1) is 17.8 Å². The number of halogens is 2. The first-order valence-corrected chi connectivity index (χ1v) is 8.21. The fourth-order valence-electron chi connectivity index (χ4n) is 3.73. The largest absolute Gasteiger partial charge is 0.387 e. The molecule has 98 valence electrons. The number of aliphatic hydroxyl groups excluding tert-OH is 1. The van der Waals surface area contributed by atoms with Crippen LogP contribution in [0.15, 0.2) is 21.2 Å². The van der Waals surface area contributed by atoms with Crippen LogP contribution in [-0.4, -0.2) is 10.1 Å². The van der Waals surface area contributed by atoms with Crippen molar-refractivity contribution in [2.75, 3.05) is 0 Å². The lowest BCUT2D eigenvalue weighted by Gasteiger charge is -2.24. The van der Waals surface area contributed by atoms with Crippen LogP contribution in [-0.2, 0) is 0 Å². The zero-order chi connectivity index (χ0) is 12.7. The molecule has 1 N–H and O–H groups in total. The molecule has 0 radical (unpaired) electrons. The van der Waals surface area contributed by atoms with Crippen LogP contribution in [0.25, 0.3) is 0 Å². The minimum Gasteiger partial charge on any atom is -0.387 e. The molecule has 4 atom stereocenters. The highest BCUT2D eigenvalue weighted by molar-refractivity contribution is 9.11. The van der Waals surface area contributed by atoms with Gasteiger partial charge >= 0.3 is 0 Å². The maximum Gasteiger partial charge on any atom is 0.0974 e. The molecular weight excluding hydrogens is 358 g/mol. The summed E-state index contributed by atoms with van der Waals surface area (Å²) >= 11 is 6.87. The first-order chi connectivity index (χ1) is 8.63. The highest BCUT2D eigenvalue weighted by Crippen LogP contribution is 2.51. The highest BCUT2D eigenvalue weighted by Gasteiger charge is 2.40. The van der Waals surface area contributed by atoms with Gasteiger partial charge in [0.1, 0.15) is 0 Å². The van der Waals surface area contributed by atoms with E-state index in [0.29, 0.717) is 5.92 Å². The first-order valence-electron chi connectivity index (χ1n) is 6.62. The normalized spacial score (nSPS) is 31.8. The maximum absolute atomic E-state index is 10.4. The molecule has 2 fully saturated rings. The third-order valence-corrected chi connectivity index (χ3v) is 5.63. The Labute approximate surface area is 124 Å². The molecule has 18 heavy (non-hydrogen) atoms. The van der Waals surface area contributed by atoms with Crippen molar-refractivity contribution in [3.8, 4) is 0 Å². The van der Waals surface area contributed by atoms with E-state index in [2.05, 4.69) is 36.8 Å². The van der Waals surface area contributed by atoms with Crippen LogP contribution < -0.4 is 0 Å². The Morgan fingerprint density at radius 3 is 2.78 bits per heavy atom. The lowest BCUT2D eigenvalue weighted by molar-refractivity contribution is 0.121. The van der Waals surface area contributed by atoms with Crippen molar-refractivity contribution in [2.45, 2.75) is 38.2 Å². The minimum absolute atomic E-state index is 0.433. The second-order valence-corrected chi connectivity index (χ2v) is 7.48. The van der Waals surface area contributed by atoms with Gasteiger partial charge in [-0.05, 0) is 81.4 Å². The third kappa shape index (κ3) is 2.52. The van der Waals surface area contributed by atoms with Crippen LogP contribution in [0.3, 0.4) is 0 Å². The smallest absolute Gasteiger partial charge is 0.0974 e.